The van der Waals surface area contributed by atoms with E-state index in [0.717, 1.165) is 25.9 Å². The van der Waals surface area contributed by atoms with Crippen LogP contribution in [-0.2, 0) is 4.74 Å². The minimum absolute atomic E-state index is 0.00366. The molecule has 1 unspecified atom stereocenters. The van der Waals surface area contributed by atoms with E-state index in [1.807, 2.05) is 0 Å². The van der Waals surface area contributed by atoms with Crippen molar-refractivity contribution in [2.45, 2.75) is 58.6 Å². The number of rotatable bonds is 5. The van der Waals surface area contributed by atoms with E-state index >= 15 is 0 Å². The maximum absolute atomic E-state index is 5.77. The standard InChI is InChI=1S/C10H23NO/c1-5-9(11)7-6-8-12-10(2,3)4/h9H,5-8,11H2,1-4H3. The summed E-state index contributed by atoms with van der Waals surface area (Å²) in [5.41, 5.74) is 5.76. The summed E-state index contributed by atoms with van der Waals surface area (Å²) in [6, 6.07) is 0.355. The summed E-state index contributed by atoms with van der Waals surface area (Å²) in [6.45, 7) is 9.18. The van der Waals surface area contributed by atoms with Gasteiger partial charge >= 0.3 is 0 Å². The third-order valence-electron chi connectivity index (χ3n) is 1.78. The lowest BCUT2D eigenvalue weighted by Gasteiger charge is -2.19. The lowest BCUT2D eigenvalue weighted by atomic mass is 10.1. The van der Waals surface area contributed by atoms with Gasteiger partial charge in [0, 0.05) is 12.6 Å². The molecule has 0 aromatic heterocycles. The molecule has 0 saturated carbocycles. The molecule has 0 aromatic rings. The van der Waals surface area contributed by atoms with Gasteiger partial charge in [0.2, 0.25) is 0 Å². The Morgan fingerprint density at radius 2 is 1.92 bits per heavy atom. The minimum Gasteiger partial charge on any atom is -0.376 e. The van der Waals surface area contributed by atoms with Crippen LogP contribution in [0.2, 0.25) is 0 Å². The Kier molecular flexibility index (Phi) is 5.51. The van der Waals surface area contributed by atoms with E-state index in [2.05, 4.69) is 27.7 Å². The van der Waals surface area contributed by atoms with Crippen molar-refractivity contribution in [2.24, 2.45) is 5.73 Å². The summed E-state index contributed by atoms with van der Waals surface area (Å²) in [6.07, 6.45) is 3.22. The van der Waals surface area contributed by atoms with Gasteiger partial charge in [-0.1, -0.05) is 6.92 Å². The van der Waals surface area contributed by atoms with E-state index in [9.17, 15) is 0 Å². The largest absolute Gasteiger partial charge is 0.376 e. The molecule has 0 bridgehead atoms. The number of hydrogen-bond donors (Lipinski definition) is 1. The molecule has 1 atom stereocenters. The van der Waals surface area contributed by atoms with Gasteiger partial charge in [-0.05, 0) is 40.0 Å². The van der Waals surface area contributed by atoms with Crippen LogP contribution >= 0.6 is 0 Å². The molecule has 0 saturated heterocycles. The summed E-state index contributed by atoms with van der Waals surface area (Å²) in [5.74, 6) is 0. The van der Waals surface area contributed by atoms with E-state index in [4.69, 9.17) is 10.5 Å². The molecular formula is C10H23NO. The van der Waals surface area contributed by atoms with Gasteiger partial charge in [0.25, 0.3) is 0 Å². The van der Waals surface area contributed by atoms with Crippen LogP contribution in [0.25, 0.3) is 0 Å². The highest BCUT2D eigenvalue weighted by Gasteiger charge is 2.09. The lowest BCUT2D eigenvalue weighted by molar-refractivity contribution is -0.00510. The third kappa shape index (κ3) is 8.02. The summed E-state index contributed by atoms with van der Waals surface area (Å²) in [5, 5.41) is 0. The van der Waals surface area contributed by atoms with Crippen LogP contribution in [0.15, 0.2) is 0 Å². The van der Waals surface area contributed by atoms with E-state index in [0.29, 0.717) is 6.04 Å². The Bertz CT molecular complexity index is 107. The predicted octanol–water partition coefficient (Wildman–Crippen LogP) is 2.32. The summed E-state index contributed by atoms with van der Waals surface area (Å²) >= 11 is 0. The molecule has 0 aliphatic heterocycles. The van der Waals surface area contributed by atoms with Crippen molar-refractivity contribution in [3.8, 4) is 0 Å². The normalized spacial score (nSPS) is 14.8. The maximum atomic E-state index is 5.77. The second-order valence-corrected chi connectivity index (χ2v) is 4.27. The zero-order valence-corrected chi connectivity index (χ0v) is 8.89. The highest BCUT2D eigenvalue weighted by atomic mass is 16.5. The topological polar surface area (TPSA) is 35.2 Å². The van der Waals surface area contributed by atoms with E-state index < -0.39 is 0 Å². The molecule has 0 fully saturated rings. The molecule has 0 radical (unpaired) electrons. The molecule has 0 heterocycles. The Balaban J connectivity index is 3.22. The molecule has 0 rings (SSSR count). The molecule has 0 aliphatic rings. The van der Waals surface area contributed by atoms with Crippen LogP contribution in [0, 0.1) is 0 Å². The number of hydrogen-bond acceptors (Lipinski definition) is 2. The van der Waals surface area contributed by atoms with Crippen LogP contribution in [0.4, 0.5) is 0 Å². The predicted molar refractivity (Wildman–Crippen MR) is 53.2 cm³/mol. The van der Waals surface area contributed by atoms with Crippen LogP contribution in [0.5, 0.6) is 0 Å². The fourth-order valence-electron chi connectivity index (χ4n) is 0.928. The first-order valence-electron chi connectivity index (χ1n) is 4.85. The second-order valence-electron chi connectivity index (χ2n) is 4.27. The van der Waals surface area contributed by atoms with Crippen LogP contribution < -0.4 is 5.73 Å². The smallest absolute Gasteiger partial charge is 0.0598 e. The van der Waals surface area contributed by atoms with Gasteiger partial charge in [-0.25, -0.2) is 0 Å². The van der Waals surface area contributed by atoms with E-state index in [-0.39, 0.29) is 5.60 Å². The van der Waals surface area contributed by atoms with Gasteiger partial charge in [0.1, 0.15) is 0 Å². The molecule has 2 heteroatoms. The first kappa shape index (κ1) is 11.9. The van der Waals surface area contributed by atoms with Crippen molar-refractivity contribution in [2.75, 3.05) is 6.61 Å². The highest BCUT2D eigenvalue weighted by molar-refractivity contribution is 4.61. The van der Waals surface area contributed by atoms with Crippen LogP contribution in [0.1, 0.15) is 47.0 Å². The monoisotopic (exact) mass is 173 g/mol. The summed E-state index contributed by atoms with van der Waals surface area (Å²) in [7, 11) is 0. The molecule has 0 spiro atoms. The molecule has 74 valence electrons. The zero-order chi connectivity index (χ0) is 9.61. The molecule has 12 heavy (non-hydrogen) atoms. The van der Waals surface area contributed by atoms with Gasteiger partial charge in [0.05, 0.1) is 5.60 Å². The first-order chi connectivity index (χ1) is 5.45. The fourth-order valence-corrected chi connectivity index (χ4v) is 0.928. The first-order valence-corrected chi connectivity index (χ1v) is 4.85. The van der Waals surface area contributed by atoms with Crippen LogP contribution in [0.3, 0.4) is 0 Å². The zero-order valence-electron chi connectivity index (χ0n) is 8.89. The van der Waals surface area contributed by atoms with Crippen molar-refractivity contribution in [1.29, 1.82) is 0 Å². The van der Waals surface area contributed by atoms with E-state index in [1.165, 1.54) is 0 Å². The van der Waals surface area contributed by atoms with Crippen molar-refractivity contribution < 1.29 is 4.74 Å². The molecule has 2 N–H and O–H groups in total. The number of ether oxygens (including phenoxy) is 1. The SMILES string of the molecule is CCC(N)CCCOC(C)(C)C. The molecule has 0 aliphatic carbocycles. The van der Waals surface area contributed by atoms with Gasteiger partial charge in [-0.15, -0.1) is 0 Å². The average molecular weight is 173 g/mol. The maximum Gasteiger partial charge on any atom is 0.0598 e. The minimum atomic E-state index is -0.00366. The Hall–Kier alpha value is -0.0800. The van der Waals surface area contributed by atoms with Gasteiger partial charge in [0.15, 0.2) is 0 Å². The highest BCUT2D eigenvalue weighted by Crippen LogP contribution is 2.08. The van der Waals surface area contributed by atoms with E-state index in [1.54, 1.807) is 0 Å². The quantitative estimate of drug-likeness (QED) is 0.648. The summed E-state index contributed by atoms with van der Waals surface area (Å²) in [4.78, 5) is 0. The molecule has 2 nitrogen and oxygen atoms in total. The number of nitrogens with two attached hydrogens (primary N) is 1. The molecule has 0 aromatic carbocycles. The average Bonchev–Trinajstić information content (AvgIpc) is 1.96. The second kappa shape index (κ2) is 5.55. The Morgan fingerprint density at radius 3 is 2.33 bits per heavy atom. The van der Waals surface area contributed by atoms with Crippen molar-refractivity contribution >= 4 is 0 Å². The fraction of sp³-hybridized carbons (Fsp3) is 1.00. The van der Waals surface area contributed by atoms with Crippen LogP contribution in [-0.4, -0.2) is 18.2 Å². The van der Waals surface area contributed by atoms with Gasteiger partial charge in [-0.3, -0.25) is 0 Å². The third-order valence-corrected chi connectivity index (χ3v) is 1.78. The Morgan fingerprint density at radius 1 is 1.33 bits per heavy atom. The van der Waals surface area contributed by atoms with Crippen molar-refractivity contribution in [1.82, 2.24) is 0 Å². The molecular weight excluding hydrogens is 150 g/mol. The molecule has 0 amide bonds. The Labute approximate surface area is 76.5 Å². The van der Waals surface area contributed by atoms with Crippen molar-refractivity contribution in [3.05, 3.63) is 0 Å². The summed E-state index contributed by atoms with van der Waals surface area (Å²) < 4.78 is 5.57. The van der Waals surface area contributed by atoms with Gasteiger partial charge in [-0.2, -0.15) is 0 Å². The van der Waals surface area contributed by atoms with Crippen molar-refractivity contribution in [3.63, 3.8) is 0 Å². The lowest BCUT2D eigenvalue weighted by Crippen LogP contribution is -2.22. The van der Waals surface area contributed by atoms with Gasteiger partial charge < -0.3 is 10.5 Å².